The molecule has 210 valence electrons. The monoisotopic (exact) mass is 548 g/mol. The van der Waals surface area contributed by atoms with Crippen molar-refractivity contribution in [3.05, 3.63) is 119 Å². The van der Waals surface area contributed by atoms with E-state index in [0.29, 0.717) is 16.8 Å². The second-order valence-corrected chi connectivity index (χ2v) is 10.3. The van der Waals surface area contributed by atoms with Crippen molar-refractivity contribution in [2.24, 2.45) is 0 Å². The van der Waals surface area contributed by atoms with E-state index in [1.54, 1.807) is 19.2 Å². The number of para-hydroxylation sites is 2. The number of anilines is 3. The van der Waals surface area contributed by atoms with E-state index in [1.165, 1.54) is 0 Å². The number of methoxy groups -OCH3 is 1. The van der Waals surface area contributed by atoms with Crippen LogP contribution in [0.25, 0.3) is 0 Å². The lowest BCUT2D eigenvalue weighted by Gasteiger charge is -2.38. The largest absolute Gasteiger partial charge is 0.495 e. The first-order valence-electron chi connectivity index (χ1n) is 13.9. The molecule has 2 amide bonds. The van der Waals surface area contributed by atoms with Crippen LogP contribution in [0.3, 0.4) is 0 Å². The molecule has 1 heterocycles. The number of hydrogen-bond acceptors (Lipinski definition) is 5. The smallest absolute Gasteiger partial charge is 0.255 e. The van der Waals surface area contributed by atoms with Gasteiger partial charge in [0.2, 0.25) is 0 Å². The Hall–Kier alpha value is -4.78. The first-order chi connectivity index (χ1) is 19.9. The van der Waals surface area contributed by atoms with Crippen molar-refractivity contribution in [3.63, 3.8) is 0 Å². The van der Waals surface area contributed by atoms with Crippen LogP contribution in [0.4, 0.5) is 17.1 Å². The first kappa shape index (κ1) is 27.8. The minimum atomic E-state index is -0.203. The van der Waals surface area contributed by atoms with Crippen LogP contribution in [0.5, 0.6) is 5.75 Å². The van der Waals surface area contributed by atoms with Crippen LogP contribution in [0.2, 0.25) is 0 Å². The molecule has 0 aliphatic carbocycles. The van der Waals surface area contributed by atoms with E-state index in [2.05, 4.69) is 26.5 Å². The summed E-state index contributed by atoms with van der Waals surface area (Å²) in [6.45, 7) is 6.93. The quantitative estimate of drug-likeness (QED) is 0.280. The average molecular weight is 549 g/mol. The van der Waals surface area contributed by atoms with Crippen LogP contribution in [-0.4, -0.2) is 45.1 Å². The van der Waals surface area contributed by atoms with Crippen molar-refractivity contribution in [1.29, 1.82) is 0 Å². The molecule has 0 spiro atoms. The van der Waals surface area contributed by atoms with Crippen LogP contribution in [0, 0.1) is 6.92 Å². The maximum atomic E-state index is 13.7. The zero-order chi connectivity index (χ0) is 28.8. The zero-order valence-electron chi connectivity index (χ0n) is 23.8. The summed E-state index contributed by atoms with van der Waals surface area (Å²) < 4.78 is 5.58. The average Bonchev–Trinajstić information content (AvgIpc) is 3.01. The summed E-state index contributed by atoms with van der Waals surface area (Å²) in [5, 5.41) is 6.15. The predicted molar refractivity (Wildman–Crippen MR) is 165 cm³/mol. The first-order valence-corrected chi connectivity index (χ1v) is 13.9. The van der Waals surface area contributed by atoms with Crippen molar-refractivity contribution < 1.29 is 14.3 Å². The van der Waals surface area contributed by atoms with E-state index < -0.39 is 0 Å². The summed E-state index contributed by atoms with van der Waals surface area (Å²) in [7, 11) is 1.69. The van der Waals surface area contributed by atoms with E-state index >= 15 is 0 Å². The summed E-state index contributed by atoms with van der Waals surface area (Å²) in [5.74, 6) is 0.463. The fraction of sp³-hybridized carbons (Fsp3) is 0.235. The molecular weight excluding hydrogens is 512 g/mol. The van der Waals surface area contributed by atoms with Gasteiger partial charge in [-0.05, 0) is 61.4 Å². The van der Waals surface area contributed by atoms with Crippen LogP contribution in [0.1, 0.15) is 44.8 Å². The van der Waals surface area contributed by atoms with Gasteiger partial charge in [0.15, 0.2) is 0 Å². The minimum absolute atomic E-state index is 0.177. The molecule has 5 rings (SSSR count). The van der Waals surface area contributed by atoms with Crippen LogP contribution < -0.4 is 25.2 Å². The highest BCUT2D eigenvalue weighted by Crippen LogP contribution is 2.31. The van der Waals surface area contributed by atoms with Crippen molar-refractivity contribution in [1.82, 2.24) is 5.32 Å². The van der Waals surface area contributed by atoms with Gasteiger partial charge in [-0.3, -0.25) is 9.59 Å². The molecule has 1 saturated heterocycles. The number of carbonyl (C=O) groups is 2. The van der Waals surface area contributed by atoms with Crippen LogP contribution in [0.15, 0.2) is 97.1 Å². The molecule has 1 fully saturated rings. The standard InChI is InChI=1S/C34H36N4O3/c1-24-11-7-8-14-28(24)33(39)36-27-17-18-30(29(23-27)34(40)35-25(2)26-12-5-4-6-13-26)37-19-21-38(22-20-37)31-15-9-10-16-32(31)41-3/h4-18,23,25H,19-22H2,1-3H3,(H,35,40)(H,36,39). The SMILES string of the molecule is COc1ccccc1N1CCN(c2ccc(NC(=O)c3ccccc3C)cc2C(=O)NC(C)c2ccccc2)CC1. The van der Waals surface area contributed by atoms with E-state index in [1.807, 2.05) is 92.7 Å². The Morgan fingerprint density at radius 3 is 2.07 bits per heavy atom. The lowest BCUT2D eigenvalue weighted by molar-refractivity contribution is 0.0939. The van der Waals surface area contributed by atoms with Gasteiger partial charge in [0, 0.05) is 43.1 Å². The second-order valence-electron chi connectivity index (χ2n) is 10.3. The lowest BCUT2D eigenvalue weighted by atomic mass is 10.0. The second kappa shape index (κ2) is 12.6. The lowest BCUT2D eigenvalue weighted by Crippen LogP contribution is -2.47. The number of benzene rings is 4. The Morgan fingerprint density at radius 1 is 0.732 bits per heavy atom. The molecule has 1 unspecified atom stereocenters. The summed E-state index contributed by atoms with van der Waals surface area (Å²) in [6.07, 6.45) is 0. The molecule has 1 aliphatic rings. The van der Waals surface area contributed by atoms with Gasteiger partial charge in [-0.2, -0.15) is 0 Å². The Bertz CT molecular complexity index is 1510. The van der Waals surface area contributed by atoms with Gasteiger partial charge in [0.1, 0.15) is 5.75 Å². The number of carbonyl (C=O) groups excluding carboxylic acids is 2. The van der Waals surface area contributed by atoms with Crippen LogP contribution >= 0.6 is 0 Å². The normalized spacial score (nSPS) is 13.8. The number of nitrogens with one attached hydrogen (secondary N) is 2. The molecular formula is C34H36N4O3. The van der Waals surface area contributed by atoms with Gasteiger partial charge in [0.25, 0.3) is 11.8 Å². The van der Waals surface area contributed by atoms with Crippen molar-refractivity contribution in [3.8, 4) is 5.75 Å². The molecule has 4 aromatic carbocycles. The Balaban J connectivity index is 1.39. The van der Waals surface area contributed by atoms with Crippen LogP contribution in [-0.2, 0) is 0 Å². The molecule has 41 heavy (non-hydrogen) atoms. The number of amides is 2. The molecule has 4 aromatic rings. The van der Waals surface area contributed by atoms with E-state index in [-0.39, 0.29) is 17.9 Å². The van der Waals surface area contributed by atoms with Gasteiger partial charge in [-0.1, -0.05) is 60.7 Å². The Kier molecular flexibility index (Phi) is 8.53. The molecule has 0 radical (unpaired) electrons. The molecule has 0 bridgehead atoms. The highest BCUT2D eigenvalue weighted by atomic mass is 16.5. The van der Waals surface area contributed by atoms with Gasteiger partial charge in [-0.15, -0.1) is 0 Å². The number of piperazine rings is 1. The van der Waals surface area contributed by atoms with E-state index in [4.69, 9.17) is 4.74 Å². The molecule has 0 aromatic heterocycles. The van der Waals surface area contributed by atoms with Crippen molar-refractivity contribution in [2.45, 2.75) is 19.9 Å². The molecule has 0 saturated carbocycles. The van der Waals surface area contributed by atoms with Gasteiger partial charge < -0.3 is 25.2 Å². The highest BCUT2D eigenvalue weighted by Gasteiger charge is 2.25. The Labute approximate surface area is 241 Å². The van der Waals surface area contributed by atoms with E-state index in [9.17, 15) is 9.59 Å². The molecule has 1 aliphatic heterocycles. The summed E-state index contributed by atoms with van der Waals surface area (Å²) >= 11 is 0. The maximum absolute atomic E-state index is 13.7. The number of nitrogens with zero attached hydrogens (tertiary/aromatic N) is 2. The molecule has 7 heteroatoms. The van der Waals surface area contributed by atoms with Crippen molar-refractivity contribution in [2.75, 3.05) is 48.4 Å². The third-order valence-electron chi connectivity index (χ3n) is 7.58. The summed E-state index contributed by atoms with van der Waals surface area (Å²) in [6, 6.07) is 30.8. The number of aryl methyl sites for hydroxylation is 1. The number of ether oxygens (including phenoxy) is 1. The predicted octanol–water partition coefficient (Wildman–Crippen LogP) is 6.07. The van der Waals surface area contributed by atoms with Crippen molar-refractivity contribution >= 4 is 28.9 Å². The fourth-order valence-corrected chi connectivity index (χ4v) is 5.28. The fourth-order valence-electron chi connectivity index (χ4n) is 5.28. The minimum Gasteiger partial charge on any atom is -0.495 e. The third kappa shape index (κ3) is 6.35. The van der Waals surface area contributed by atoms with Gasteiger partial charge >= 0.3 is 0 Å². The number of hydrogen-bond donors (Lipinski definition) is 2. The van der Waals surface area contributed by atoms with E-state index in [0.717, 1.165) is 54.4 Å². The third-order valence-corrected chi connectivity index (χ3v) is 7.58. The molecule has 1 atom stereocenters. The summed E-state index contributed by atoms with van der Waals surface area (Å²) in [5.41, 5.74) is 5.54. The maximum Gasteiger partial charge on any atom is 0.255 e. The number of rotatable bonds is 8. The van der Waals surface area contributed by atoms with Gasteiger partial charge in [-0.25, -0.2) is 0 Å². The zero-order valence-corrected chi connectivity index (χ0v) is 23.8. The highest BCUT2D eigenvalue weighted by molar-refractivity contribution is 6.07. The molecule has 2 N–H and O–H groups in total. The van der Waals surface area contributed by atoms with Gasteiger partial charge in [0.05, 0.1) is 24.4 Å². The summed E-state index contributed by atoms with van der Waals surface area (Å²) in [4.78, 5) is 31.3. The topological polar surface area (TPSA) is 73.9 Å². The Morgan fingerprint density at radius 2 is 1.37 bits per heavy atom. The molecule has 7 nitrogen and oxygen atoms in total.